The van der Waals surface area contributed by atoms with Crippen LogP contribution in [0.5, 0.6) is 0 Å². The molecule has 0 fully saturated rings. The summed E-state index contributed by atoms with van der Waals surface area (Å²) in [6.07, 6.45) is 3.67. The molecule has 0 saturated heterocycles. The normalized spacial score (nSPS) is 11.9. The second-order valence-corrected chi connectivity index (χ2v) is 10.8. The zero-order valence-corrected chi connectivity index (χ0v) is 22.9. The average Bonchev–Trinajstić information content (AvgIpc) is 3.66. The van der Waals surface area contributed by atoms with Gasteiger partial charge in [-0.2, -0.15) is 0 Å². The summed E-state index contributed by atoms with van der Waals surface area (Å²) in [7, 11) is 0. The lowest BCUT2D eigenvalue weighted by molar-refractivity contribution is 0.981. The van der Waals surface area contributed by atoms with Crippen LogP contribution in [-0.2, 0) is 0 Å². The van der Waals surface area contributed by atoms with Gasteiger partial charge in [0.05, 0.1) is 45.2 Å². The smallest absolute Gasteiger partial charge is 0.111 e. The van der Waals surface area contributed by atoms with Crippen molar-refractivity contribution in [1.82, 2.24) is 23.7 Å². The largest absolute Gasteiger partial charge is 0.309 e. The summed E-state index contributed by atoms with van der Waals surface area (Å²) >= 11 is 0. The van der Waals surface area contributed by atoms with Crippen LogP contribution in [-0.4, -0.2) is 23.7 Å². The molecule has 5 aromatic carbocycles. The zero-order valence-electron chi connectivity index (χ0n) is 22.9. The van der Waals surface area contributed by atoms with Gasteiger partial charge < -0.3 is 9.13 Å². The molecule has 4 aromatic heterocycles. The van der Waals surface area contributed by atoms with Gasteiger partial charge in [-0.25, -0.2) is 4.98 Å². The molecule has 0 amide bonds. The third kappa shape index (κ3) is 3.13. The van der Waals surface area contributed by atoms with Crippen LogP contribution in [0.3, 0.4) is 0 Å². The molecular weight excluding hydrogens is 514 g/mol. The van der Waals surface area contributed by atoms with Gasteiger partial charge in [0.25, 0.3) is 0 Å². The van der Waals surface area contributed by atoms with Crippen molar-refractivity contribution < 1.29 is 0 Å². The van der Waals surface area contributed by atoms with Gasteiger partial charge in [0.2, 0.25) is 0 Å². The minimum Gasteiger partial charge on any atom is -0.309 e. The molecule has 0 atom stereocenters. The molecule has 198 valence electrons. The maximum absolute atomic E-state index is 4.83. The van der Waals surface area contributed by atoms with E-state index in [-0.39, 0.29) is 0 Å². The van der Waals surface area contributed by atoms with Crippen LogP contribution in [0.25, 0.3) is 71.7 Å². The van der Waals surface area contributed by atoms with E-state index in [9.17, 15) is 0 Å². The topological polar surface area (TPSA) is 40.6 Å². The lowest BCUT2D eigenvalue weighted by Crippen LogP contribution is -2.04. The Kier molecular flexibility index (Phi) is 4.75. The predicted molar refractivity (Wildman–Crippen MR) is 172 cm³/mol. The van der Waals surface area contributed by atoms with Gasteiger partial charge >= 0.3 is 0 Å². The highest BCUT2D eigenvalue weighted by Gasteiger charge is 2.20. The summed E-state index contributed by atoms with van der Waals surface area (Å²) in [6, 6.07) is 43.5. The van der Waals surface area contributed by atoms with E-state index in [1.54, 1.807) is 0 Å². The third-order valence-electron chi connectivity index (χ3n) is 8.47. The van der Waals surface area contributed by atoms with Crippen LogP contribution in [0.4, 0.5) is 0 Å². The van der Waals surface area contributed by atoms with E-state index < -0.39 is 0 Å². The Balaban J connectivity index is 1.44. The molecule has 0 saturated carbocycles. The summed E-state index contributed by atoms with van der Waals surface area (Å²) in [5, 5.41) is 4.98. The van der Waals surface area contributed by atoms with E-state index in [0.29, 0.717) is 0 Å². The van der Waals surface area contributed by atoms with E-state index in [1.807, 2.05) is 18.5 Å². The molecule has 0 spiro atoms. The number of imidazole rings is 1. The van der Waals surface area contributed by atoms with Crippen molar-refractivity contribution in [2.24, 2.45) is 0 Å². The second-order valence-electron chi connectivity index (χ2n) is 10.8. The molecule has 4 heterocycles. The van der Waals surface area contributed by atoms with E-state index in [1.165, 1.54) is 43.6 Å². The van der Waals surface area contributed by atoms with Crippen LogP contribution >= 0.6 is 0 Å². The number of nitrogens with zero attached hydrogens (tertiary/aromatic N) is 5. The van der Waals surface area contributed by atoms with Crippen molar-refractivity contribution >= 4 is 54.6 Å². The minimum atomic E-state index is 0.890. The Morgan fingerprint density at radius 2 is 1.07 bits per heavy atom. The van der Waals surface area contributed by atoms with Crippen molar-refractivity contribution in [3.63, 3.8) is 0 Å². The maximum Gasteiger partial charge on any atom is 0.111 e. The molecule has 0 aliphatic rings. The van der Waals surface area contributed by atoms with E-state index in [4.69, 9.17) is 4.98 Å². The molecule has 5 nitrogen and oxygen atoms in total. The Labute approximate surface area is 241 Å². The first-order valence-corrected chi connectivity index (χ1v) is 14.2. The Hall–Kier alpha value is -5.68. The second kappa shape index (κ2) is 8.66. The number of pyridine rings is 1. The first-order chi connectivity index (χ1) is 20.8. The summed E-state index contributed by atoms with van der Waals surface area (Å²) < 4.78 is 7.05. The predicted octanol–water partition coefficient (Wildman–Crippen LogP) is 8.92. The average molecular weight is 540 g/mol. The van der Waals surface area contributed by atoms with Gasteiger partial charge in [0.15, 0.2) is 0 Å². The first-order valence-electron chi connectivity index (χ1n) is 14.2. The minimum absolute atomic E-state index is 0.890. The molecule has 5 heteroatoms. The fraction of sp³-hybridized carbons (Fsp3) is 0.0270. The summed E-state index contributed by atoms with van der Waals surface area (Å²) in [5.74, 6) is 0.929. The van der Waals surface area contributed by atoms with Crippen molar-refractivity contribution in [2.45, 2.75) is 6.92 Å². The summed E-state index contributed by atoms with van der Waals surface area (Å²) in [5.41, 5.74) is 10.00. The van der Waals surface area contributed by atoms with Gasteiger partial charge in [-0.05, 0) is 61.5 Å². The van der Waals surface area contributed by atoms with Crippen molar-refractivity contribution in [1.29, 1.82) is 0 Å². The number of para-hydroxylation sites is 5. The molecule has 0 N–H and O–H groups in total. The molecule has 9 rings (SSSR count). The number of hydrogen-bond donors (Lipinski definition) is 0. The SMILES string of the molecule is Cc1nc2cnccc2n1-c1ccccc1-n1c2ccccc2c2cc3c4ccccc4n(-c4ccccc4)c3cc21. The van der Waals surface area contributed by atoms with Crippen molar-refractivity contribution in [2.75, 3.05) is 0 Å². The molecule has 9 aromatic rings. The highest BCUT2D eigenvalue weighted by atomic mass is 15.1. The first kappa shape index (κ1) is 23.1. The van der Waals surface area contributed by atoms with Gasteiger partial charge in [-0.3, -0.25) is 9.55 Å². The highest BCUT2D eigenvalue weighted by Crippen LogP contribution is 2.40. The number of aromatic nitrogens is 5. The van der Waals surface area contributed by atoms with Crippen molar-refractivity contribution in [3.8, 4) is 17.1 Å². The molecule has 0 aliphatic carbocycles. The molecular formula is C37H25N5. The van der Waals surface area contributed by atoms with E-state index >= 15 is 0 Å². The molecule has 0 unspecified atom stereocenters. The van der Waals surface area contributed by atoms with Crippen LogP contribution in [0, 0.1) is 6.92 Å². The lowest BCUT2D eigenvalue weighted by Gasteiger charge is -2.16. The summed E-state index contributed by atoms with van der Waals surface area (Å²) in [6.45, 7) is 2.06. The van der Waals surface area contributed by atoms with Crippen molar-refractivity contribution in [3.05, 3.63) is 140 Å². The molecule has 42 heavy (non-hydrogen) atoms. The standard InChI is InChI=1S/C37H25N5/c1-24-39-30-23-38-20-19-33(30)40(24)34-17-9-10-18-35(34)42-32-16-8-6-14-27(32)29-21-28-26-13-5-7-15-31(26)41(36(28)22-37(29)42)25-11-3-2-4-12-25/h2-23H,1H3. The summed E-state index contributed by atoms with van der Waals surface area (Å²) in [4.78, 5) is 9.15. The fourth-order valence-corrected chi connectivity index (χ4v) is 6.74. The van der Waals surface area contributed by atoms with Gasteiger partial charge in [0, 0.05) is 33.4 Å². The Morgan fingerprint density at radius 3 is 1.81 bits per heavy atom. The molecule has 0 radical (unpaired) electrons. The zero-order chi connectivity index (χ0) is 27.8. The van der Waals surface area contributed by atoms with Gasteiger partial charge in [-0.15, -0.1) is 0 Å². The number of benzene rings is 5. The number of fused-ring (bicyclic) bond motifs is 7. The lowest BCUT2D eigenvalue weighted by atomic mass is 10.1. The fourth-order valence-electron chi connectivity index (χ4n) is 6.74. The van der Waals surface area contributed by atoms with Crippen LogP contribution in [0.1, 0.15) is 5.82 Å². The van der Waals surface area contributed by atoms with Gasteiger partial charge in [0.1, 0.15) is 11.3 Å². The number of rotatable bonds is 3. The monoisotopic (exact) mass is 539 g/mol. The van der Waals surface area contributed by atoms with Gasteiger partial charge in [-0.1, -0.05) is 66.7 Å². The van der Waals surface area contributed by atoms with Crippen LogP contribution < -0.4 is 0 Å². The van der Waals surface area contributed by atoms with Crippen LogP contribution in [0.2, 0.25) is 0 Å². The Morgan fingerprint density at radius 1 is 0.476 bits per heavy atom. The maximum atomic E-state index is 4.83. The number of aryl methyl sites for hydroxylation is 1. The molecule has 0 bridgehead atoms. The number of hydrogen-bond acceptors (Lipinski definition) is 2. The highest BCUT2D eigenvalue weighted by molar-refractivity contribution is 6.19. The quantitative estimate of drug-likeness (QED) is 0.225. The third-order valence-corrected chi connectivity index (χ3v) is 8.47. The van der Waals surface area contributed by atoms with Crippen LogP contribution in [0.15, 0.2) is 134 Å². The molecule has 0 aliphatic heterocycles. The Bertz CT molecular complexity index is 2480. The van der Waals surface area contributed by atoms with E-state index in [0.717, 1.165) is 33.9 Å². The van der Waals surface area contributed by atoms with E-state index in [2.05, 4.69) is 141 Å².